The third-order valence-corrected chi connectivity index (χ3v) is 4.20. The lowest BCUT2D eigenvalue weighted by Crippen LogP contribution is -2.51. The number of nitrogens with zero attached hydrogens (tertiary/aromatic N) is 3. The summed E-state index contributed by atoms with van der Waals surface area (Å²) in [5, 5.41) is 4.53. The molecule has 1 aromatic heterocycles. The van der Waals surface area contributed by atoms with Crippen molar-refractivity contribution < 1.29 is 0 Å². The molecule has 0 saturated carbocycles. The first kappa shape index (κ1) is 16.2. The third-order valence-electron chi connectivity index (χ3n) is 4.20. The van der Waals surface area contributed by atoms with Gasteiger partial charge in [-0.05, 0) is 38.8 Å². The van der Waals surface area contributed by atoms with E-state index in [2.05, 4.69) is 43.8 Å². The second-order valence-electron chi connectivity index (χ2n) is 5.58. The Morgan fingerprint density at radius 2 is 2.05 bits per heavy atom. The average molecular weight is 266 g/mol. The molecule has 1 rings (SSSR count). The largest absolute Gasteiger partial charge is 0.329 e. The van der Waals surface area contributed by atoms with Crippen LogP contribution in [0.15, 0.2) is 6.07 Å². The minimum atomic E-state index is 0.0760. The zero-order valence-electron chi connectivity index (χ0n) is 13.2. The smallest absolute Gasteiger partial charge is 0.0625 e. The van der Waals surface area contributed by atoms with Gasteiger partial charge < -0.3 is 5.73 Å². The molecule has 0 aromatic carbocycles. The summed E-state index contributed by atoms with van der Waals surface area (Å²) in [5.74, 6) is 0. The van der Waals surface area contributed by atoms with Crippen LogP contribution < -0.4 is 5.73 Å². The molecule has 1 atom stereocenters. The first-order valence-electron chi connectivity index (χ1n) is 7.47. The summed E-state index contributed by atoms with van der Waals surface area (Å²) in [7, 11) is 2.03. The van der Waals surface area contributed by atoms with Gasteiger partial charge in [0.1, 0.15) is 0 Å². The molecule has 0 radical (unpaired) electrons. The highest BCUT2D eigenvalue weighted by molar-refractivity contribution is 5.10. The van der Waals surface area contributed by atoms with Crippen LogP contribution in [0.1, 0.15) is 51.9 Å². The Labute approximate surface area is 118 Å². The highest BCUT2D eigenvalue weighted by atomic mass is 15.3. The Hall–Kier alpha value is -0.870. The summed E-state index contributed by atoms with van der Waals surface area (Å²) in [6.07, 6.45) is 3.21. The zero-order valence-corrected chi connectivity index (χ0v) is 13.2. The van der Waals surface area contributed by atoms with Crippen LogP contribution in [-0.4, -0.2) is 33.3 Å². The molecule has 2 N–H and O–H groups in total. The fourth-order valence-corrected chi connectivity index (χ4v) is 2.39. The molecule has 110 valence electrons. The van der Waals surface area contributed by atoms with Gasteiger partial charge in [0.25, 0.3) is 0 Å². The monoisotopic (exact) mass is 266 g/mol. The van der Waals surface area contributed by atoms with E-state index in [1.807, 2.05) is 11.7 Å². The van der Waals surface area contributed by atoms with Crippen molar-refractivity contribution in [2.75, 3.05) is 13.1 Å². The highest BCUT2D eigenvalue weighted by Crippen LogP contribution is 2.21. The van der Waals surface area contributed by atoms with E-state index in [9.17, 15) is 0 Å². The van der Waals surface area contributed by atoms with Crippen molar-refractivity contribution in [1.29, 1.82) is 0 Å². The van der Waals surface area contributed by atoms with Gasteiger partial charge in [-0.1, -0.05) is 20.8 Å². The Bertz CT molecular complexity index is 379. The van der Waals surface area contributed by atoms with Crippen molar-refractivity contribution in [2.24, 2.45) is 12.8 Å². The quantitative estimate of drug-likeness (QED) is 0.785. The molecule has 1 unspecified atom stereocenters. The summed E-state index contributed by atoms with van der Waals surface area (Å²) in [6, 6.07) is 2.22. The molecule has 1 aromatic rings. The molecule has 4 nitrogen and oxygen atoms in total. The van der Waals surface area contributed by atoms with E-state index in [0.717, 1.165) is 32.4 Å². The van der Waals surface area contributed by atoms with Crippen LogP contribution >= 0.6 is 0 Å². The fraction of sp³-hybridized carbons (Fsp3) is 0.800. The maximum absolute atomic E-state index is 6.01. The molecule has 0 saturated heterocycles. The molecule has 0 aliphatic heterocycles. The predicted molar refractivity (Wildman–Crippen MR) is 81.0 cm³/mol. The van der Waals surface area contributed by atoms with E-state index in [1.54, 1.807) is 0 Å². The highest BCUT2D eigenvalue weighted by Gasteiger charge is 2.28. The van der Waals surface area contributed by atoms with Crippen LogP contribution in [0.5, 0.6) is 0 Å². The molecule has 0 bridgehead atoms. The van der Waals surface area contributed by atoms with Gasteiger partial charge in [0.15, 0.2) is 0 Å². The van der Waals surface area contributed by atoms with Crippen LogP contribution in [0.3, 0.4) is 0 Å². The maximum atomic E-state index is 6.01. The normalized spacial score (nSPS) is 14.9. The molecule has 0 spiro atoms. The standard InChI is InChI=1S/C15H30N4/c1-6-9-19(15(4,8-3)12-16)11-14-10-13(7-2)17-18(14)5/h10H,6-9,11-12,16H2,1-5H3. The lowest BCUT2D eigenvalue weighted by atomic mass is 9.96. The van der Waals surface area contributed by atoms with Gasteiger partial charge in [-0.2, -0.15) is 5.10 Å². The second kappa shape index (κ2) is 7.06. The van der Waals surface area contributed by atoms with E-state index in [4.69, 9.17) is 5.73 Å². The molecule has 1 heterocycles. The lowest BCUT2D eigenvalue weighted by molar-refractivity contribution is 0.0944. The zero-order chi connectivity index (χ0) is 14.5. The van der Waals surface area contributed by atoms with Gasteiger partial charge in [0, 0.05) is 25.7 Å². The topological polar surface area (TPSA) is 47.1 Å². The van der Waals surface area contributed by atoms with Crippen LogP contribution in [-0.2, 0) is 20.0 Å². The van der Waals surface area contributed by atoms with Crippen molar-refractivity contribution in [3.8, 4) is 0 Å². The minimum Gasteiger partial charge on any atom is -0.329 e. The van der Waals surface area contributed by atoms with Crippen molar-refractivity contribution in [1.82, 2.24) is 14.7 Å². The van der Waals surface area contributed by atoms with Gasteiger partial charge >= 0.3 is 0 Å². The van der Waals surface area contributed by atoms with Crippen molar-refractivity contribution in [3.05, 3.63) is 17.5 Å². The number of aromatic nitrogens is 2. The molecule has 19 heavy (non-hydrogen) atoms. The van der Waals surface area contributed by atoms with Crippen LogP contribution in [0.25, 0.3) is 0 Å². The summed E-state index contributed by atoms with van der Waals surface area (Å²) < 4.78 is 2.01. The number of nitrogens with two attached hydrogens (primary N) is 1. The van der Waals surface area contributed by atoms with E-state index in [-0.39, 0.29) is 5.54 Å². The van der Waals surface area contributed by atoms with Gasteiger partial charge in [-0.3, -0.25) is 9.58 Å². The van der Waals surface area contributed by atoms with E-state index < -0.39 is 0 Å². The second-order valence-corrected chi connectivity index (χ2v) is 5.58. The lowest BCUT2D eigenvalue weighted by Gasteiger charge is -2.40. The Morgan fingerprint density at radius 3 is 2.47 bits per heavy atom. The van der Waals surface area contributed by atoms with Gasteiger partial charge in [-0.15, -0.1) is 0 Å². The summed E-state index contributed by atoms with van der Waals surface area (Å²) in [6.45, 7) is 11.6. The van der Waals surface area contributed by atoms with Gasteiger partial charge in [0.05, 0.1) is 11.4 Å². The summed E-state index contributed by atoms with van der Waals surface area (Å²) in [4.78, 5) is 2.50. The summed E-state index contributed by atoms with van der Waals surface area (Å²) in [5.41, 5.74) is 8.53. The summed E-state index contributed by atoms with van der Waals surface area (Å²) >= 11 is 0. The Morgan fingerprint density at radius 1 is 1.37 bits per heavy atom. The maximum Gasteiger partial charge on any atom is 0.0625 e. The van der Waals surface area contributed by atoms with E-state index >= 15 is 0 Å². The first-order valence-corrected chi connectivity index (χ1v) is 7.47. The molecule has 0 fully saturated rings. The predicted octanol–water partition coefficient (Wildman–Crippen LogP) is 2.32. The van der Waals surface area contributed by atoms with Gasteiger partial charge in [-0.25, -0.2) is 0 Å². The van der Waals surface area contributed by atoms with Crippen LogP contribution in [0, 0.1) is 0 Å². The molecular weight excluding hydrogens is 236 g/mol. The molecule has 0 amide bonds. The number of hydrogen-bond donors (Lipinski definition) is 1. The molecule has 0 aliphatic rings. The first-order chi connectivity index (χ1) is 9.00. The van der Waals surface area contributed by atoms with Crippen LogP contribution in [0.2, 0.25) is 0 Å². The Kier molecular flexibility index (Phi) is 6.01. The van der Waals surface area contributed by atoms with E-state index in [0.29, 0.717) is 6.54 Å². The molecule has 0 aliphatic carbocycles. The van der Waals surface area contributed by atoms with Crippen molar-refractivity contribution in [3.63, 3.8) is 0 Å². The number of hydrogen-bond acceptors (Lipinski definition) is 3. The number of rotatable bonds is 8. The average Bonchev–Trinajstić information content (AvgIpc) is 2.78. The minimum absolute atomic E-state index is 0.0760. The molecular formula is C15H30N4. The van der Waals surface area contributed by atoms with Crippen molar-refractivity contribution >= 4 is 0 Å². The Balaban J connectivity index is 2.91. The van der Waals surface area contributed by atoms with Crippen molar-refractivity contribution in [2.45, 2.75) is 59.0 Å². The van der Waals surface area contributed by atoms with E-state index in [1.165, 1.54) is 11.4 Å². The van der Waals surface area contributed by atoms with Gasteiger partial charge in [0.2, 0.25) is 0 Å². The number of aryl methyl sites for hydroxylation is 2. The molecule has 4 heteroatoms. The van der Waals surface area contributed by atoms with Crippen LogP contribution in [0.4, 0.5) is 0 Å². The fourth-order valence-electron chi connectivity index (χ4n) is 2.39. The SMILES string of the molecule is CCCN(Cc1cc(CC)nn1C)C(C)(CC)CN. The third kappa shape index (κ3) is 3.80.